The molecule has 2 aromatic rings. The normalized spacial score (nSPS) is 12.7. The summed E-state index contributed by atoms with van der Waals surface area (Å²) >= 11 is 7.75. The van der Waals surface area contributed by atoms with Gasteiger partial charge in [0.05, 0.1) is 15.9 Å². The van der Waals surface area contributed by atoms with Crippen LogP contribution in [0.5, 0.6) is 0 Å². The molecule has 1 heterocycles. The second-order valence-electron chi connectivity index (χ2n) is 3.36. The molecule has 0 aliphatic heterocycles. The van der Waals surface area contributed by atoms with E-state index in [0.29, 0.717) is 0 Å². The van der Waals surface area contributed by atoms with Crippen LogP contribution in [0.3, 0.4) is 0 Å². The van der Waals surface area contributed by atoms with E-state index in [1.165, 1.54) is 16.4 Å². The van der Waals surface area contributed by atoms with Gasteiger partial charge in [-0.05, 0) is 24.0 Å². The number of nitrogens with zero attached hydrogens (tertiary/aromatic N) is 2. The van der Waals surface area contributed by atoms with Crippen LogP contribution in [0, 0.1) is 6.92 Å². The molecule has 0 bridgehead atoms. The maximum atomic E-state index is 6.32. The number of benzene rings is 1. The smallest absolute Gasteiger partial charge is 0.0757 e. The minimum atomic E-state index is 0.00662. The van der Waals surface area contributed by atoms with E-state index in [1.54, 1.807) is 0 Å². The average Bonchev–Trinajstić information content (AvgIpc) is 2.66. The standard InChI is InChI=1S/C11H11ClN2S/c1-8-11(15-14-13-8)7-10(12)9-5-3-2-4-6-9/h2-6,10H,7H2,1H3. The van der Waals surface area contributed by atoms with Gasteiger partial charge in [-0.2, -0.15) is 0 Å². The van der Waals surface area contributed by atoms with Crippen molar-refractivity contribution in [2.75, 3.05) is 0 Å². The van der Waals surface area contributed by atoms with E-state index in [9.17, 15) is 0 Å². The third kappa shape index (κ3) is 2.55. The highest BCUT2D eigenvalue weighted by atomic mass is 35.5. The van der Waals surface area contributed by atoms with Crippen LogP contribution in [0.15, 0.2) is 30.3 Å². The predicted molar refractivity (Wildman–Crippen MR) is 63.4 cm³/mol. The molecule has 1 aromatic heterocycles. The van der Waals surface area contributed by atoms with Crippen molar-refractivity contribution in [3.63, 3.8) is 0 Å². The molecular weight excluding hydrogens is 228 g/mol. The Morgan fingerprint density at radius 1 is 1.33 bits per heavy atom. The van der Waals surface area contributed by atoms with Gasteiger partial charge in [-0.3, -0.25) is 0 Å². The van der Waals surface area contributed by atoms with Crippen LogP contribution in [-0.2, 0) is 6.42 Å². The Balaban J connectivity index is 2.11. The molecule has 0 amide bonds. The summed E-state index contributed by atoms with van der Waals surface area (Å²) in [4.78, 5) is 1.17. The molecule has 0 aliphatic carbocycles. The van der Waals surface area contributed by atoms with E-state index in [4.69, 9.17) is 11.6 Å². The van der Waals surface area contributed by atoms with Gasteiger partial charge in [-0.15, -0.1) is 16.7 Å². The van der Waals surface area contributed by atoms with Gasteiger partial charge in [0.25, 0.3) is 0 Å². The molecule has 0 saturated heterocycles. The molecule has 78 valence electrons. The zero-order chi connectivity index (χ0) is 10.7. The molecular formula is C11H11ClN2S. The Hall–Kier alpha value is -0.930. The van der Waals surface area contributed by atoms with Crippen molar-refractivity contribution >= 4 is 23.1 Å². The van der Waals surface area contributed by atoms with Crippen molar-refractivity contribution in [2.24, 2.45) is 0 Å². The number of alkyl halides is 1. The molecule has 4 heteroatoms. The van der Waals surface area contributed by atoms with Crippen LogP contribution < -0.4 is 0 Å². The molecule has 2 nitrogen and oxygen atoms in total. The summed E-state index contributed by atoms with van der Waals surface area (Å²) in [5.74, 6) is 0. The lowest BCUT2D eigenvalue weighted by atomic mass is 10.1. The maximum Gasteiger partial charge on any atom is 0.0757 e. The number of hydrogen-bond acceptors (Lipinski definition) is 3. The second-order valence-corrected chi connectivity index (χ2v) is 4.73. The van der Waals surface area contributed by atoms with Crippen LogP contribution in [0.1, 0.15) is 21.5 Å². The van der Waals surface area contributed by atoms with Gasteiger partial charge in [0, 0.05) is 6.42 Å². The first-order chi connectivity index (χ1) is 7.27. The Morgan fingerprint density at radius 2 is 2.07 bits per heavy atom. The zero-order valence-electron chi connectivity index (χ0n) is 8.35. The number of rotatable bonds is 3. The summed E-state index contributed by atoms with van der Waals surface area (Å²) in [6, 6.07) is 10.1. The fourth-order valence-electron chi connectivity index (χ4n) is 1.38. The van der Waals surface area contributed by atoms with Gasteiger partial charge in [0.15, 0.2) is 0 Å². The van der Waals surface area contributed by atoms with Crippen molar-refractivity contribution in [3.05, 3.63) is 46.5 Å². The summed E-state index contributed by atoms with van der Waals surface area (Å²) in [6.07, 6.45) is 0.801. The van der Waals surface area contributed by atoms with E-state index in [2.05, 4.69) is 9.59 Å². The Kier molecular flexibility index (Phi) is 3.34. The highest BCUT2D eigenvalue weighted by Crippen LogP contribution is 2.26. The average molecular weight is 239 g/mol. The molecule has 0 fully saturated rings. The topological polar surface area (TPSA) is 25.8 Å². The summed E-state index contributed by atoms with van der Waals surface area (Å²) in [7, 11) is 0. The summed E-state index contributed by atoms with van der Waals surface area (Å²) in [5.41, 5.74) is 2.13. The Bertz CT molecular complexity index is 427. The first kappa shape index (κ1) is 10.6. The molecule has 1 aromatic carbocycles. The minimum absolute atomic E-state index is 0.00662. The van der Waals surface area contributed by atoms with E-state index in [-0.39, 0.29) is 5.38 Å². The molecule has 1 unspecified atom stereocenters. The Morgan fingerprint density at radius 3 is 2.67 bits per heavy atom. The number of aryl methyl sites for hydroxylation is 1. The minimum Gasteiger partial charge on any atom is -0.143 e. The highest BCUT2D eigenvalue weighted by Gasteiger charge is 2.12. The van der Waals surface area contributed by atoms with E-state index in [0.717, 1.165) is 17.7 Å². The summed E-state index contributed by atoms with van der Waals surface area (Å²) < 4.78 is 3.90. The fourth-order valence-corrected chi connectivity index (χ4v) is 2.45. The monoisotopic (exact) mass is 238 g/mol. The highest BCUT2D eigenvalue weighted by molar-refractivity contribution is 7.05. The number of hydrogen-bond donors (Lipinski definition) is 0. The van der Waals surface area contributed by atoms with Gasteiger partial charge in [0.1, 0.15) is 0 Å². The van der Waals surface area contributed by atoms with Crippen molar-refractivity contribution < 1.29 is 0 Å². The van der Waals surface area contributed by atoms with Gasteiger partial charge >= 0.3 is 0 Å². The fraction of sp³-hybridized carbons (Fsp3) is 0.273. The van der Waals surface area contributed by atoms with Gasteiger partial charge < -0.3 is 0 Å². The van der Waals surface area contributed by atoms with Crippen LogP contribution >= 0.6 is 23.1 Å². The molecule has 1 atom stereocenters. The van der Waals surface area contributed by atoms with E-state index < -0.39 is 0 Å². The number of aromatic nitrogens is 2. The van der Waals surface area contributed by atoms with E-state index >= 15 is 0 Å². The maximum absolute atomic E-state index is 6.32. The molecule has 0 saturated carbocycles. The van der Waals surface area contributed by atoms with Crippen LogP contribution in [-0.4, -0.2) is 9.59 Å². The predicted octanol–water partition coefficient (Wildman–Crippen LogP) is 3.37. The van der Waals surface area contributed by atoms with Gasteiger partial charge in [-0.1, -0.05) is 34.8 Å². The van der Waals surface area contributed by atoms with Gasteiger partial charge in [0.2, 0.25) is 0 Å². The SMILES string of the molecule is Cc1nnsc1CC(Cl)c1ccccc1. The first-order valence-corrected chi connectivity index (χ1v) is 5.95. The lowest BCUT2D eigenvalue weighted by Gasteiger charge is -2.07. The largest absolute Gasteiger partial charge is 0.143 e. The van der Waals surface area contributed by atoms with Crippen molar-refractivity contribution in [3.8, 4) is 0 Å². The lowest BCUT2D eigenvalue weighted by molar-refractivity contribution is 0.919. The quantitative estimate of drug-likeness (QED) is 0.767. The molecule has 0 aliphatic rings. The van der Waals surface area contributed by atoms with Crippen LogP contribution in [0.25, 0.3) is 0 Å². The third-order valence-electron chi connectivity index (χ3n) is 2.27. The molecule has 0 N–H and O–H groups in total. The van der Waals surface area contributed by atoms with Crippen molar-refractivity contribution in [1.82, 2.24) is 9.59 Å². The zero-order valence-corrected chi connectivity index (χ0v) is 9.92. The molecule has 15 heavy (non-hydrogen) atoms. The van der Waals surface area contributed by atoms with Crippen molar-refractivity contribution in [2.45, 2.75) is 18.7 Å². The molecule has 0 spiro atoms. The Labute approximate surface area is 98.1 Å². The number of halogens is 1. The lowest BCUT2D eigenvalue weighted by Crippen LogP contribution is -1.95. The third-order valence-corrected chi connectivity index (χ3v) is 3.52. The summed E-state index contributed by atoms with van der Waals surface area (Å²) in [5, 5.41) is 3.98. The van der Waals surface area contributed by atoms with Crippen LogP contribution in [0.2, 0.25) is 0 Å². The molecule has 2 rings (SSSR count). The van der Waals surface area contributed by atoms with Gasteiger partial charge in [-0.25, -0.2) is 0 Å². The van der Waals surface area contributed by atoms with Crippen LogP contribution in [0.4, 0.5) is 0 Å². The summed E-state index contributed by atoms with van der Waals surface area (Å²) in [6.45, 7) is 1.97. The first-order valence-electron chi connectivity index (χ1n) is 4.74. The van der Waals surface area contributed by atoms with E-state index in [1.807, 2.05) is 37.3 Å². The molecule has 0 radical (unpaired) electrons. The second kappa shape index (κ2) is 4.73. The van der Waals surface area contributed by atoms with Crippen molar-refractivity contribution in [1.29, 1.82) is 0 Å².